The molecule has 0 aliphatic rings. The molecule has 16 heavy (non-hydrogen) atoms. The van der Waals surface area contributed by atoms with Gasteiger partial charge in [0.15, 0.2) is 0 Å². The number of nitrogens with zero attached hydrogens (tertiary/aromatic N) is 2. The fourth-order valence-electron chi connectivity index (χ4n) is 1.48. The van der Waals surface area contributed by atoms with Crippen LogP contribution in [0.4, 0.5) is 5.69 Å². The Bertz CT molecular complexity index is 448. The highest BCUT2D eigenvalue weighted by atomic mass is 16.5. The largest absolute Gasteiger partial charge is 0.486 e. The van der Waals surface area contributed by atoms with Crippen molar-refractivity contribution in [1.29, 1.82) is 0 Å². The van der Waals surface area contributed by atoms with Crippen LogP contribution in [-0.2, 0) is 13.2 Å². The van der Waals surface area contributed by atoms with Crippen LogP contribution in [-0.4, -0.2) is 9.55 Å². The van der Waals surface area contributed by atoms with Crippen molar-refractivity contribution in [2.75, 3.05) is 5.73 Å². The number of nitrogen functional groups attached to an aromatic ring is 1. The van der Waals surface area contributed by atoms with E-state index in [0.29, 0.717) is 6.61 Å². The van der Waals surface area contributed by atoms with Gasteiger partial charge in [-0.1, -0.05) is 0 Å². The Morgan fingerprint density at radius 1 is 1.31 bits per heavy atom. The third kappa shape index (κ3) is 2.34. The Labute approximate surface area is 94.7 Å². The lowest BCUT2D eigenvalue weighted by molar-refractivity contribution is 0.290. The molecule has 84 valence electrons. The first kappa shape index (κ1) is 10.5. The zero-order valence-electron chi connectivity index (χ0n) is 9.26. The summed E-state index contributed by atoms with van der Waals surface area (Å²) >= 11 is 0. The number of hydrogen-bond donors (Lipinski definition) is 1. The fraction of sp³-hybridized carbons (Fsp3) is 0.250. The van der Waals surface area contributed by atoms with E-state index in [-0.39, 0.29) is 0 Å². The van der Waals surface area contributed by atoms with Crippen LogP contribution < -0.4 is 10.5 Å². The SMILES string of the molecule is CCn1ccnc1COc1ccc(N)cc1. The van der Waals surface area contributed by atoms with Crippen LogP contribution in [0.2, 0.25) is 0 Å². The summed E-state index contributed by atoms with van der Waals surface area (Å²) in [7, 11) is 0. The zero-order valence-corrected chi connectivity index (χ0v) is 9.26. The van der Waals surface area contributed by atoms with Crippen molar-refractivity contribution in [2.45, 2.75) is 20.1 Å². The van der Waals surface area contributed by atoms with E-state index in [1.54, 1.807) is 6.20 Å². The number of rotatable bonds is 4. The van der Waals surface area contributed by atoms with Crippen molar-refractivity contribution in [3.63, 3.8) is 0 Å². The predicted octanol–water partition coefficient (Wildman–Crippen LogP) is 2.06. The maximum Gasteiger partial charge on any atom is 0.146 e. The summed E-state index contributed by atoms with van der Waals surface area (Å²) < 4.78 is 7.66. The van der Waals surface area contributed by atoms with Gasteiger partial charge >= 0.3 is 0 Å². The second-order valence-corrected chi connectivity index (χ2v) is 3.49. The van der Waals surface area contributed by atoms with E-state index in [1.165, 1.54) is 0 Å². The van der Waals surface area contributed by atoms with E-state index >= 15 is 0 Å². The minimum atomic E-state index is 0.477. The smallest absolute Gasteiger partial charge is 0.146 e. The Morgan fingerprint density at radius 3 is 2.75 bits per heavy atom. The van der Waals surface area contributed by atoms with Gasteiger partial charge < -0.3 is 15.0 Å². The molecule has 0 bridgehead atoms. The maximum atomic E-state index is 5.61. The van der Waals surface area contributed by atoms with Gasteiger partial charge in [0.25, 0.3) is 0 Å². The van der Waals surface area contributed by atoms with Crippen molar-refractivity contribution in [1.82, 2.24) is 9.55 Å². The lowest BCUT2D eigenvalue weighted by Gasteiger charge is -2.07. The van der Waals surface area contributed by atoms with E-state index in [9.17, 15) is 0 Å². The third-order valence-electron chi connectivity index (χ3n) is 2.39. The molecule has 4 nitrogen and oxygen atoms in total. The van der Waals surface area contributed by atoms with Crippen LogP contribution in [0.15, 0.2) is 36.7 Å². The van der Waals surface area contributed by atoms with Crippen LogP contribution in [0, 0.1) is 0 Å². The second kappa shape index (κ2) is 4.70. The quantitative estimate of drug-likeness (QED) is 0.797. The van der Waals surface area contributed by atoms with Gasteiger partial charge in [-0.25, -0.2) is 4.98 Å². The number of ether oxygens (including phenoxy) is 1. The summed E-state index contributed by atoms with van der Waals surface area (Å²) in [6.07, 6.45) is 3.73. The van der Waals surface area contributed by atoms with Gasteiger partial charge in [0, 0.05) is 24.6 Å². The summed E-state index contributed by atoms with van der Waals surface area (Å²) in [4.78, 5) is 4.23. The monoisotopic (exact) mass is 217 g/mol. The van der Waals surface area contributed by atoms with E-state index in [1.807, 2.05) is 30.5 Å². The van der Waals surface area contributed by atoms with Crippen molar-refractivity contribution >= 4 is 5.69 Å². The molecule has 0 spiro atoms. The van der Waals surface area contributed by atoms with Gasteiger partial charge in [-0.3, -0.25) is 0 Å². The van der Waals surface area contributed by atoms with Gasteiger partial charge in [-0.2, -0.15) is 0 Å². The zero-order chi connectivity index (χ0) is 11.4. The fourth-order valence-corrected chi connectivity index (χ4v) is 1.48. The number of nitrogens with two attached hydrogens (primary N) is 1. The van der Waals surface area contributed by atoms with Gasteiger partial charge in [0.1, 0.15) is 18.2 Å². The van der Waals surface area contributed by atoms with Crippen LogP contribution in [0.3, 0.4) is 0 Å². The molecule has 0 atom stereocenters. The standard InChI is InChI=1S/C12H15N3O/c1-2-15-8-7-14-12(15)9-16-11-5-3-10(13)4-6-11/h3-8H,2,9,13H2,1H3. The third-order valence-corrected chi connectivity index (χ3v) is 2.39. The number of benzene rings is 1. The number of anilines is 1. The van der Waals surface area contributed by atoms with Gasteiger partial charge in [-0.05, 0) is 31.2 Å². The Hall–Kier alpha value is -1.97. The molecule has 2 aromatic rings. The van der Waals surface area contributed by atoms with Crippen molar-refractivity contribution in [2.24, 2.45) is 0 Å². The maximum absolute atomic E-state index is 5.61. The lowest BCUT2D eigenvalue weighted by Crippen LogP contribution is -2.05. The molecule has 0 amide bonds. The average Bonchev–Trinajstić information content (AvgIpc) is 2.76. The molecule has 0 fully saturated rings. The number of hydrogen-bond acceptors (Lipinski definition) is 3. The van der Waals surface area contributed by atoms with Crippen LogP contribution >= 0.6 is 0 Å². The van der Waals surface area contributed by atoms with E-state index in [4.69, 9.17) is 10.5 Å². The van der Waals surface area contributed by atoms with Crippen LogP contribution in [0.5, 0.6) is 5.75 Å². The molecule has 4 heteroatoms. The normalized spacial score (nSPS) is 10.3. The number of imidazole rings is 1. The molecule has 2 N–H and O–H groups in total. The molecule has 2 rings (SSSR count). The highest BCUT2D eigenvalue weighted by Crippen LogP contribution is 2.14. The van der Waals surface area contributed by atoms with Gasteiger partial charge in [-0.15, -0.1) is 0 Å². The molecule has 0 saturated heterocycles. The lowest BCUT2D eigenvalue weighted by atomic mass is 10.3. The Morgan fingerprint density at radius 2 is 2.06 bits per heavy atom. The summed E-state index contributed by atoms with van der Waals surface area (Å²) in [5.74, 6) is 1.74. The van der Waals surface area contributed by atoms with E-state index < -0.39 is 0 Å². The minimum absolute atomic E-state index is 0.477. The first-order valence-electron chi connectivity index (χ1n) is 5.28. The molecule has 1 aromatic carbocycles. The Balaban J connectivity index is 1.99. The van der Waals surface area contributed by atoms with Gasteiger partial charge in [0.05, 0.1) is 0 Å². The molecule has 0 saturated carbocycles. The number of aryl methyl sites for hydroxylation is 1. The topological polar surface area (TPSA) is 53.1 Å². The molecule has 0 aliphatic heterocycles. The first-order chi connectivity index (χ1) is 7.79. The summed E-state index contributed by atoms with van der Waals surface area (Å²) in [6, 6.07) is 7.35. The van der Waals surface area contributed by atoms with Crippen LogP contribution in [0.25, 0.3) is 0 Å². The summed E-state index contributed by atoms with van der Waals surface area (Å²) in [6.45, 7) is 3.46. The minimum Gasteiger partial charge on any atom is -0.486 e. The van der Waals surface area contributed by atoms with Crippen molar-refractivity contribution in [3.05, 3.63) is 42.5 Å². The molecule has 0 aliphatic carbocycles. The van der Waals surface area contributed by atoms with E-state index in [0.717, 1.165) is 23.8 Å². The highest BCUT2D eigenvalue weighted by Gasteiger charge is 2.01. The number of aromatic nitrogens is 2. The van der Waals surface area contributed by atoms with E-state index in [2.05, 4.69) is 16.5 Å². The molecule has 0 unspecified atom stereocenters. The molecule has 1 aromatic heterocycles. The van der Waals surface area contributed by atoms with Crippen molar-refractivity contribution < 1.29 is 4.74 Å². The van der Waals surface area contributed by atoms with Gasteiger partial charge in [0.2, 0.25) is 0 Å². The molecule has 0 radical (unpaired) electrons. The molecular weight excluding hydrogens is 202 g/mol. The Kier molecular flexibility index (Phi) is 3.10. The van der Waals surface area contributed by atoms with Crippen LogP contribution in [0.1, 0.15) is 12.7 Å². The van der Waals surface area contributed by atoms with Crippen molar-refractivity contribution in [3.8, 4) is 5.75 Å². The first-order valence-corrected chi connectivity index (χ1v) is 5.28. The highest BCUT2D eigenvalue weighted by molar-refractivity contribution is 5.41. The summed E-state index contributed by atoms with van der Waals surface area (Å²) in [5, 5.41) is 0. The predicted molar refractivity (Wildman–Crippen MR) is 63.1 cm³/mol. The molecular formula is C12H15N3O. The average molecular weight is 217 g/mol. The summed E-state index contributed by atoms with van der Waals surface area (Å²) in [5.41, 5.74) is 6.33. The molecule has 1 heterocycles. The second-order valence-electron chi connectivity index (χ2n) is 3.49.